The number of anilines is 1. The number of amides is 3. The molecule has 0 unspecified atom stereocenters. The number of phenolic OH excluding ortho intramolecular Hbond substituents is 1. The minimum Gasteiger partial charge on any atom is -0.508 e. The molecule has 0 spiro atoms. The Labute approximate surface area is 116 Å². The van der Waals surface area contributed by atoms with Crippen LogP contribution in [0.25, 0.3) is 0 Å². The van der Waals surface area contributed by atoms with Crippen LogP contribution in [0.15, 0.2) is 24.3 Å². The summed E-state index contributed by atoms with van der Waals surface area (Å²) in [5, 5.41) is 14.1. The zero-order valence-electron chi connectivity index (χ0n) is 11.3. The fourth-order valence-corrected chi connectivity index (χ4v) is 1.44. The average molecular weight is 279 g/mol. The molecule has 0 aromatic heterocycles. The maximum absolute atomic E-state index is 11.8. The Morgan fingerprint density at radius 3 is 2.20 bits per heavy atom. The number of nitrogens with one attached hydrogen (secondary N) is 2. The van der Waals surface area contributed by atoms with Crippen molar-refractivity contribution in [3.63, 3.8) is 0 Å². The van der Waals surface area contributed by atoms with Crippen LogP contribution in [-0.4, -0.2) is 43.0 Å². The summed E-state index contributed by atoms with van der Waals surface area (Å²) in [6.07, 6.45) is 0. The van der Waals surface area contributed by atoms with Gasteiger partial charge in [0.2, 0.25) is 5.91 Å². The molecule has 0 saturated carbocycles. The molecule has 0 bridgehead atoms. The van der Waals surface area contributed by atoms with Crippen molar-refractivity contribution in [1.29, 1.82) is 0 Å². The Morgan fingerprint density at radius 2 is 1.65 bits per heavy atom. The highest BCUT2D eigenvalue weighted by Crippen LogP contribution is 2.17. The van der Waals surface area contributed by atoms with Gasteiger partial charge in [-0.25, -0.2) is 0 Å². The first-order valence-electron chi connectivity index (χ1n) is 6.01. The van der Waals surface area contributed by atoms with Gasteiger partial charge in [0.05, 0.1) is 0 Å². The Bertz CT molecular complexity index is 499. The molecule has 0 heterocycles. The first kappa shape index (κ1) is 15.5. The molecule has 20 heavy (non-hydrogen) atoms. The fourth-order valence-electron chi connectivity index (χ4n) is 1.44. The molecule has 0 aliphatic carbocycles. The Morgan fingerprint density at radius 1 is 1.10 bits per heavy atom. The zero-order valence-corrected chi connectivity index (χ0v) is 11.3. The van der Waals surface area contributed by atoms with Crippen LogP contribution in [0.4, 0.5) is 5.69 Å². The number of likely N-dealkylation sites (N-methyl/N-ethyl adjacent to an activating group) is 1. The number of rotatable bonds is 4. The molecule has 7 nitrogen and oxygen atoms in total. The lowest BCUT2D eigenvalue weighted by atomic mass is 10.3. The molecule has 0 fully saturated rings. The number of hydrogen-bond donors (Lipinski definition) is 3. The molecule has 0 radical (unpaired) electrons. The van der Waals surface area contributed by atoms with E-state index in [0.29, 0.717) is 5.69 Å². The van der Waals surface area contributed by atoms with Gasteiger partial charge >= 0.3 is 11.8 Å². The van der Waals surface area contributed by atoms with Gasteiger partial charge in [-0.1, -0.05) is 0 Å². The largest absolute Gasteiger partial charge is 0.508 e. The van der Waals surface area contributed by atoms with Crippen LogP contribution in [0.5, 0.6) is 5.75 Å². The van der Waals surface area contributed by atoms with Crippen LogP contribution in [0, 0.1) is 0 Å². The summed E-state index contributed by atoms with van der Waals surface area (Å²) in [4.78, 5) is 35.2. The van der Waals surface area contributed by atoms with Crippen molar-refractivity contribution in [3.8, 4) is 5.75 Å². The number of hydrogen-bond acceptors (Lipinski definition) is 4. The number of carbonyl (C=O) groups excluding carboxylic acids is 3. The molecule has 1 aromatic rings. The van der Waals surface area contributed by atoms with Gasteiger partial charge in [-0.3, -0.25) is 14.4 Å². The summed E-state index contributed by atoms with van der Waals surface area (Å²) in [5.41, 5.74) is 0.491. The van der Waals surface area contributed by atoms with Crippen molar-refractivity contribution in [3.05, 3.63) is 24.3 Å². The Balaban J connectivity index is 2.49. The highest BCUT2D eigenvalue weighted by Gasteiger charge is 2.19. The van der Waals surface area contributed by atoms with Crippen LogP contribution in [-0.2, 0) is 14.4 Å². The molecule has 3 N–H and O–H groups in total. The van der Waals surface area contributed by atoms with Gasteiger partial charge in [0.15, 0.2) is 0 Å². The van der Waals surface area contributed by atoms with Gasteiger partial charge in [-0.2, -0.15) is 0 Å². The monoisotopic (exact) mass is 279 g/mol. The predicted octanol–water partition coefficient (Wildman–Crippen LogP) is -0.393. The van der Waals surface area contributed by atoms with Crippen LogP contribution in [0.3, 0.4) is 0 Å². The molecule has 1 rings (SSSR count). The SMILES string of the molecule is CC(=O)NCCNC(=O)C(=O)N(C)c1ccc(O)cc1. The zero-order chi connectivity index (χ0) is 15.1. The Kier molecular flexibility index (Phi) is 5.52. The molecular formula is C13H17N3O4. The van der Waals surface area contributed by atoms with Crippen molar-refractivity contribution >= 4 is 23.4 Å². The summed E-state index contributed by atoms with van der Waals surface area (Å²) in [5.74, 6) is -1.61. The second-order valence-corrected chi connectivity index (χ2v) is 4.12. The molecular weight excluding hydrogens is 262 g/mol. The van der Waals surface area contributed by atoms with E-state index in [0.717, 1.165) is 0 Å². The van der Waals surface area contributed by atoms with E-state index in [1.54, 1.807) is 0 Å². The molecule has 1 aromatic carbocycles. The quantitative estimate of drug-likeness (QED) is 0.516. The van der Waals surface area contributed by atoms with Crippen LogP contribution < -0.4 is 15.5 Å². The molecule has 0 atom stereocenters. The molecule has 3 amide bonds. The number of carbonyl (C=O) groups is 3. The van der Waals surface area contributed by atoms with Gasteiger partial charge in [-0.05, 0) is 24.3 Å². The summed E-state index contributed by atoms with van der Waals surface area (Å²) < 4.78 is 0. The number of phenols is 1. The molecule has 108 valence electrons. The summed E-state index contributed by atoms with van der Waals surface area (Å²) in [6, 6.07) is 5.90. The standard InChI is InChI=1S/C13H17N3O4/c1-9(17)14-7-8-15-12(19)13(20)16(2)10-3-5-11(18)6-4-10/h3-6,18H,7-8H2,1-2H3,(H,14,17)(H,15,19). The summed E-state index contributed by atoms with van der Waals surface area (Å²) >= 11 is 0. The maximum Gasteiger partial charge on any atom is 0.316 e. The minimum atomic E-state index is -0.758. The third-order valence-corrected chi connectivity index (χ3v) is 2.52. The van der Waals surface area contributed by atoms with E-state index in [1.807, 2.05) is 0 Å². The van der Waals surface area contributed by atoms with Crippen LogP contribution in [0.1, 0.15) is 6.92 Å². The molecule has 0 saturated heterocycles. The smallest absolute Gasteiger partial charge is 0.316 e. The highest BCUT2D eigenvalue weighted by atomic mass is 16.3. The predicted molar refractivity (Wildman–Crippen MR) is 73.2 cm³/mol. The molecule has 0 aliphatic heterocycles. The van der Waals surface area contributed by atoms with Crippen LogP contribution >= 0.6 is 0 Å². The normalized spacial score (nSPS) is 9.70. The lowest BCUT2D eigenvalue weighted by Crippen LogP contribution is -2.43. The van der Waals surface area contributed by atoms with Crippen molar-refractivity contribution < 1.29 is 19.5 Å². The minimum absolute atomic E-state index is 0.0781. The maximum atomic E-state index is 11.8. The van der Waals surface area contributed by atoms with Gasteiger partial charge in [0.25, 0.3) is 0 Å². The van der Waals surface area contributed by atoms with E-state index < -0.39 is 11.8 Å². The number of aromatic hydroxyl groups is 1. The van der Waals surface area contributed by atoms with E-state index in [1.165, 1.54) is 43.1 Å². The second kappa shape index (κ2) is 7.13. The first-order chi connectivity index (χ1) is 9.41. The second-order valence-electron chi connectivity index (χ2n) is 4.12. The average Bonchev–Trinajstić information content (AvgIpc) is 2.42. The van der Waals surface area contributed by atoms with E-state index in [4.69, 9.17) is 5.11 Å². The van der Waals surface area contributed by atoms with Gasteiger partial charge in [0, 0.05) is 32.7 Å². The van der Waals surface area contributed by atoms with Gasteiger partial charge in [0.1, 0.15) is 5.75 Å². The summed E-state index contributed by atoms with van der Waals surface area (Å²) in [7, 11) is 1.46. The van der Waals surface area contributed by atoms with E-state index in [2.05, 4.69) is 10.6 Å². The van der Waals surface area contributed by atoms with Crippen molar-refractivity contribution in [2.75, 3.05) is 25.0 Å². The van der Waals surface area contributed by atoms with Gasteiger partial charge in [-0.15, -0.1) is 0 Å². The lowest BCUT2D eigenvalue weighted by Gasteiger charge is -2.16. The molecule has 7 heteroatoms. The lowest BCUT2D eigenvalue weighted by molar-refractivity contribution is -0.137. The van der Waals surface area contributed by atoms with Crippen molar-refractivity contribution in [1.82, 2.24) is 10.6 Å². The topological polar surface area (TPSA) is 98.7 Å². The van der Waals surface area contributed by atoms with E-state index >= 15 is 0 Å². The highest BCUT2D eigenvalue weighted by molar-refractivity contribution is 6.40. The number of nitrogens with zero attached hydrogens (tertiary/aromatic N) is 1. The molecule has 0 aliphatic rings. The van der Waals surface area contributed by atoms with E-state index in [-0.39, 0.29) is 24.7 Å². The third-order valence-electron chi connectivity index (χ3n) is 2.52. The fraction of sp³-hybridized carbons (Fsp3) is 0.308. The number of benzene rings is 1. The first-order valence-corrected chi connectivity index (χ1v) is 6.01. The summed E-state index contributed by atoms with van der Waals surface area (Å²) in [6.45, 7) is 1.80. The van der Waals surface area contributed by atoms with Crippen molar-refractivity contribution in [2.24, 2.45) is 0 Å². The van der Waals surface area contributed by atoms with Gasteiger partial charge < -0.3 is 20.6 Å². The Hall–Kier alpha value is -2.57. The van der Waals surface area contributed by atoms with Crippen molar-refractivity contribution in [2.45, 2.75) is 6.92 Å². The van der Waals surface area contributed by atoms with Crippen LogP contribution in [0.2, 0.25) is 0 Å². The van der Waals surface area contributed by atoms with E-state index in [9.17, 15) is 14.4 Å². The third kappa shape index (κ3) is 4.60.